The van der Waals surface area contributed by atoms with Crippen molar-refractivity contribution in [3.63, 3.8) is 0 Å². The summed E-state index contributed by atoms with van der Waals surface area (Å²) in [6.45, 7) is 8.61. The minimum atomic E-state index is -0.724. The fraction of sp³-hybridized carbons (Fsp3) is 0.652. The number of amides is 2. The summed E-state index contributed by atoms with van der Waals surface area (Å²) in [7, 11) is 0. The zero-order chi connectivity index (χ0) is 22.8. The first kappa shape index (κ1) is 23.5. The number of piperidine rings is 1. The molecule has 1 aromatic rings. The Balaban J connectivity index is 1.73. The van der Waals surface area contributed by atoms with E-state index in [0.717, 1.165) is 24.9 Å². The van der Waals surface area contributed by atoms with E-state index in [2.05, 4.69) is 16.0 Å². The predicted molar refractivity (Wildman–Crippen MR) is 118 cm³/mol. The van der Waals surface area contributed by atoms with Gasteiger partial charge >= 0.3 is 0 Å². The monoisotopic (exact) mass is 432 g/mol. The molecule has 0 aliphatic carbocycles. The molecular formula is C23H36N4O4. The summed E-state index contributed by atoms with van der Waals surface area (Å²) in [5.74, 6) is -0.242. The van der Waals surface area contributed by atoms with E-state index in [9.17, 15) is 19.9 Å². The lowest BCUT2D eigenvalue weighted by atomic mass is 9.79. The Morgan fingerprint density at radius 2 is 1.77 bits per heavy atom. The third kappa shape index (κ3) is 5.75. The molecule has 2 atom stereocenters. The van der Waals surface area contributed by atoms with E-state index in [-0.39, 0.29) is 29.6 Å². The highest BCUT2D eigenvalue weighted by molar-refractivity contribution is 5.90. The van der Waals surface area contributed by atoms with Crippen LogP contribution in [0.1, 0.15) is 58.9 Å². The van der Waals surface area contributed by atoms with Crippen LogP contribution in [0, 0.1) is 0 Å². The highest BCUT2D eigenvalue weighted by Crippen LogP contribution is 2.36. The standard InChI is InChI=1S/C23H36N4O4/c1-22(2)13-16(14-23(3,4)27(22)31)25-21(30)19(12-15-7-9-17(28)10-8-15)26-20(29)18-6-5-11-24-18/h7-10,16,18-19,24,28,31H,5-6,11-14H2,1-4H3,(H,25,30)(H,26,29)/t18-,19-/m0/s1. The first-order valence-corrected chi connectivity index (χ1v) is 11.1. The summed E-state index contributed by atoms with van der Waals surface area (Å²) in [5.41, 5.74) is -0.116. The number of phenolic OH excluding ortho intramolecular Hbond substituents is 1. The van der Waals surface area contributed by atoms with Crippen LogP contribution in [0.4, 0.5) is 0 Å². The molecule has 2 saturated heterocycles. The van der Waals surface area contributed by atoms with E-state index in [1.165, 1.54) is 5.06 Å². The topological polar surface area (TPSA) is 114 Å². The number of hydrogen-bond acceptors (Lipinski definition) is 6. The fourth-order valence-electron chi connectivity index (χ4n) is 4.93. The second-order valence-corrected chi connectivity index (χ2v) is 10.1. The number of carbonyl (C=O) groups excluding carboxylic acids is 2. The zero-order valence-corrected chi connectivity index (χ0v) is 18.9. The minimum absolute atomic E-state index is 0.121. The third-order valence-electron chi connectivity index (χ3n) is 6.37. The molecule has 8 heteroatoms. The SMILES string of the molecule is CC1(C)CC(NC(=O)[C@H](Cc2ccc(O)cc2)NC(=O)[C@@H]2CCCN2)CC(C)(C)N1O. The molecule has 0 spiro atoms. The van der Waals surface area contributed by atoms with E-state index in [1.54, 1.807) is 24.3 Å². The molecule has 0 aromatic heterocycles. The fourth-order valence-corrected chi connectivity index (χ4v) is 4.93. The first-order valence-electron chi connectivity index (χ1n) is 11.1. The quantitative estimate of drug-likeness (QED) is 0.468. The number of nitrogens with zero attached hydrogens (tertiary/aromatic N) is 1. The normalized spacial score (nSPS) is 24.5. The third-order valence-corrected chi connectivity index (χ3v) is 6.37. The predicted octanol–water partition coefficient (Wildman–Crippen LogP) is 1.70. The Morgan fingerprint density at radius 1 is 1.16 bits per heavy atom. The van der Waals surface area contributed by atoms with Crippen molar-refractivity contribution >= 4 is 11.8 Å². The van der Waals surface area contributed by atoms with Crippen molar-refractivity contribution in [2.45, 2.75) is 89.0 Å². The van der Waals surface area contributed by atoms with Crippen LogP contribution in [0.2, 0.25) is 0 Å². The van der Waals surface area contributed by atoms with Crippen LogP contribution in [-0.2, 0) is 16.0 Å². The summed E-state index contributed by atoms with van der Waals surface area (Å²) < 4.78 is 0. The van der Waals surface area contributed by atoms with Crippen molar-refractivity contribution < 1.29 is 19.9 Å². The Labute approximate surface area is 184 Å². The molecule has 1 aromatic carbocycles. The van der Waals surface area contributed by atoms with Crippen molar-refractivity contribution in [1.29, 1.82) is 0 Å². The number of phenols is 1. The van der Waals surface area contributed by atoms with E-state index < -0.39 is 17.1 Å². The average Bonchev–Trinajstić information content (AvgIpc) is 3.21. The molecule has 2 aliphatic rings. The number of hydrogen-bond donors (Lipinski definition) is 5. The summed E-state index contributed by atoms with van der Waals surface area (Å²) >= 11 is 0. The summed E-state index contributed by atoms with van der Waals surface area (Å²) in [4.78, 5) is 26.0. The number of hydroxylamine groups is 2. The smallest absolute Gasteiger partial charge is 0.243 e. The molecule has 0 saturated carbocycles. The minimum Gasteiger partial charge on any atom is -0.508 e. The van der Waals surface area contributed by atoms with Gasteiger partial charge in [0.2, 0.25) is 11.8 Å². The lowest BCUT2D eigenvalue weighted by Crippen LogP contribution is -2.64. The molecule has 172 valence electrons. The molecule has 0 radical (unpaired) electrons. The molecular weight excluding hydrogens is 396 g/mol. The van der Waals surface area contributed by atoms with Gasteiger partial charge in [-0.05, 0) is 77.6 Å². The molecule has 5 N–H and O–H groups in total. The molecule has 2 amide bonds. The molecule has 2 fully saturated rings. The first-order chi connectivity index (χ1) is 14.5. The van der Waals surface area contributed by atoms with Crippen LogP contribution >= 0.6 is 0 Å². The van der Waals surface area contributed by atoms with E-state index in [0.29, 0.717) is 19.3 Å². The maximum atomic E-state index is 13.3. The lowest BCUT2D eigenvalue weighted by molar-refractivity contribution is -0.246. The largest absolute Gasteiger partial charge is 0.508 e. The number of benzene rings is 1. The van der Waals surface area contributed by atoms with Crippen molar-refractivity contribution in [3.05, 3.63) is 29.8 Å². The highest BCUT2D eigenvalue weighted by Gasteiger charge is 2.45. The molecule has 3 rings (SSSR count). The van der Waals surface area contributed by atoms with Gasteiger partial charge in [-0.2, -0.15) is 5.06 Å². The van der Waals surface area contributed by atoms with Gasteiger partial charge in [0.1, 0.15) is 11.8 Å². The Bertz CT molecular complexity index is 769. The Kier molecular flexibility index (Phi) is 6.93. The van der Waals surface area contributed by atoms with Crippen LogP contribution in [-0.4, -0.2) is 62.9 Å². The van der Waals surface area contributed by atoms with Gasteiger partial charge in [0.15, 0.2) is 0 Å². The van der Waals surface area contributed by atoms with Gasteiger partial charge in [-0.3, -0.25) is 9.59 Å². The zero-order valence-electron chi connectivity index (χ0n) is 18.9. The average molecular weight is 433 g/mol. The van der Waals surface area contributed by atoms with E-state index in [4.69, 9.17) is 0 Å². The van der Waals surface area contributed by atoms with Gasteiger partial charge in [-0.1, -0.05) is 12.1 Å². The van der Waals surface area contributed by atoms with Crippen molar-refractivity contribution in [2.24, 2.45) is 0 Å². The summed E-state index contributed by atoms with van der Waals surface area (Å²) in [5, 5.41) is 30.7. The number of nitrogens with one attached hydrogen (secondary N) is 3. The van der Waals surface area contributed by atoms with Crippen LogP contribution in [0.15, 0.2) is 24.3 Å². The molecule has 2 heterocycles. The Morgan fingerprint density at radius 3 is 2.32 bits per heavy atom. The van der Waals surface area contributed by atoms with Crippen LogP contribution in [0.3, 0.4) is 0 Å². The van der Waals surface area contributed by atoms with Crippen molar-refractivity contribution in [2.75, 3.05) is 6.54 Å². The van der Waals surface area contributed by atoms with Crippen LogP contribution < -0.4 is 16.0 Å². The molecule has 0 unspecified atom stereocenters. The van der Waals surface area contributed by atoms with Gasteiger partial charge in [0.25, 0.3) is 0 Å². The van der Waals surface area contributed by atoms with E-state index in [1.807, 2.05) is 27.7 Å². The summed E-state index contributed by atoms with van der Waals surface area (Å²) in [6.07, 6.45) is 3.23. The maximum absolute atomic E-state index is 13.3. The van der Waals surface area contributed by atoms with Crippen molar-refractivity contribution in [1.82, 2.24) is 21.0 Å². The van der Waals surface area contributed by atoms with Gasteiger partial charge in [-0.15, -0.1) is 0 Å². The molecule has 0 bridgehead atoms. The number of carbonyl (C=O) groups is 2. The second kappa shape index (κ2) is 9.14. The lowest BCUT2D eigenvalue weighted by Gasteiger charge is -2.51. The summed E-state index contributed by atoms with van der Waals surface area (Å²) in [6, 6.07) is 5.55. The molecule has 31 heavy (non-hydrogen) atoms. The Hall–Kier alpha value is -2.16. The number of rotatable bonds is 6. The maximum Gasteiger partial charge on any atom is 0.243 e. The molecule has 2 aliphatic heterocycles. The van der Waals surface area contributed by atoms with Gasteiger partial charge in [-0.25, -0.2) is 0 Å². The van der Waals surface area contributed by atoms with E-state index >= 15 is 0 Å². The molecule has 8 nitrogen and oxygen atoms in total. The van der Waals surface area contributed by atoms with Crippen molar-refractivity contribution in [3.8, 4) is 5.75 Å². The van der Waals surface area contributed by atoms with Gasteiger partial charge < -0.3 is 26.3 Å². The van der Waals surface area contributed by atoms with Gasteiger partial charge in [0, 0.05) is 23.5 Å². The number of aromatic hydroxyl groups is 1. The highest BCUT2D eigenvalue weighted by atomic mass is 16.5. The van der Waals surface area contributed by atoms with Gasteiger partial charge in [0.05, 0.1) is 6.04 Å². The van der Waals surface area contributed by atoms with Crippen LogP contribution in [0.25, 0.3) is 0 Å². The second-order valence-electron chi connectivity index (χ2n) is 10.1. The van der Waals surface area contributed by atoms with Crippen LogP contribution in [0.5, 0.6) is 5.75 Å².